The van der Waals surface area contributed by atoms with Gasteiger partial charge in [-0.3, -0.25) is 4.79 Å². The van der Waals surface area contributed by atoms with E-state index in [4.69, 9.17) is 4.74 Å². The highest BCUT2D eigenvalue weighted by atomic mass is 32.2. The molecular weight excluding hydrogens is 404 g/mol. The smallest absolute Gasteiger partial charge is 0.265 e. The van der Waals surface area contributed by atoms with Gasteiger partial charge in [0.05, 0.1) is 4.90 Å². The van der Waals surface area contributed by atoms with E-state index in [1.807, 2.05) is 25.1 Å². The first-order valence-electron chi connectivity index (χ1n) is 9.34. The molecule has 3 aromatic rings. The summed E-state index contributed by atoms with van der Waals surface area (Å²) < 4.78 is 32.8. The highest BCUT2D eigenvalue weighted by molar-refractivity contribution is 7.92. The number of aryl methyl sites for hydroxylation is 1. The minimum Gasteiger partial charge on any atom is -0.481 e. The van der Waals surface area contributed by atoms with Gasteiger partial charge in [-0.2, -0.15) is 0 Å². The topological polar surface area (TPSA) is 110 Å². The number of benzene rings is 2. The molecule has 156 valence electrons. The highest BCUT2D eigenvalue weighted by Crippen LogP contribution is 2.18. The molecule has 1 unspecified atom stereocenters. The average molecular weight is 426 g/mol. The normalized spacial score (nSPS) is 12.1. The maximum atomic E-state index is 12.4. The molecule has 3 rings (SSSR count). The molecule has 1 atom stereocenters. The van der Waals surface area contributed by atoms with Crippen LogP contribution in [0.3, 0.4) is 0 Å². The Kier molecular flexibility index (Phi) is 6.63. The van der Waals surface area contributed by atoms with E-state index in [2.05, 4.69) is 20.0 Å². The Hall–Kier alpha value is -3.46. The number of aromatic nitrogens is 2. The summed E-state index contributed by atoms with van der Waals surface area (Å²) in [5, 5.41) is 2.72. The fourth-order valence-corrected chi connectivity index (χ4v) is 3.55. The van der Waals surface area contributed by atoms with Crippen molar-refractivity contribution < 1.29 is 17.9 Å². The highest BCUT2D eigenvalue weighted by Gasteiger charge is 2.17. The zero-order chi connectivity index (χ0) is 21.6. The molecule has 0 aliphatic carbocycles. The van der Waals surface area contributed by atoms with Crippen LogP contribution in [0.4, 0.5) is 11.6 Å². The number of hydrogen-bond donors (Lipinski definition) is 2. The molecule has 1 amide bonds. The van der Waals surface area contributed by atoms with Crippen molar-refractivity contribution in [2.24, 2.45) is 0 Å². The van der Waals surface area contributed by atoms with Crippen molar-refractivity contribution in [1.82, 2.24) is 9.97 Å². The fraction of sp³-hybridized carbons (Fsp3) is 0.190. The third kappa shape index (κ3) is 5.54. The molecule has 8 nitrogen and oxygen atoms in total. The van der Waals surface area contributed by atoms with Crippen LogP contribution < -0.4 is 14.8 Å². The Morgan fingerprint density at radius 1 is 1.07 bits per heavy atom. The summed E-state index contributed by atoms with van der Waals surface area (Å²) in [5.74, 6) is 0.254. The van der Waals surface area contributed by atoms with Crippen LogP contribution in [-0.4, -0.2) is 30.4 Å². The molecule has 2 aromatic carbocycles. The number of nitrogens with zero attached hydrogens (tertiary/aromatic N) is 2. The minimum absolute atomic E-state index is 0.0204. The second kappa shape index (κ2) is 9.36. The Morgan fingerprint density at radius 3 is 2.43 bits per heavy atom. The quantitative estimate of drug-likeness (QED) is 0.572. The van der Waals surface area contributed by atoms with Gasteiger partial charge in [-0.15, -0.1) is 0 Å². The number of nitrogens with one attached hydrogen (secondary N) is 2. The van der Waals surface area contributed by atoms with Gasteiger partial charge in [-0.05, 0) is 61.4 Å². The second-order valence-corrected chi connectivity index (χ2v) is 8.13. The molecule has 2 N–H and O–H groups in total. The van der Waals surface area contributed by atoms with Crippen LogP contribution in [0.25, 0.3) is 0 Å². The summed E-state index contributed by atoms with van der Waals surface area (Å²) in [7, 11) is -3.83. The maximum absolute atomic E-state index is 12.4. The first kappa shape index (κ1) is 21.3. The Bertz CT molecular complexity index is 1100. The van der Waals surface area contributed by atoms with Crippen molar-refractivity contribution in [2.75, 3.05) is 10.0 Å². The van der Waals surface area contributed by atoms with E-state index >= 15 is 0 Å². The van der Waals surface area contributed by atoms with Crippen LogP contribution in [0.5, 0.6) is 5.75 Å². The summed E-state index contributed by atoms with van der Waals surface area (Å²) in [6, 6.07) is 14.9. The van der Waals surface area contributed by atoms with Crippen LogP contribution in [0.2, 0.25) is 0 Å². The van der Waals surface area contributed by atoms with E-state index < -0.39 is 16.1 Å². The van der Waals surface area contributed by atoms with E-state index in [0.717, 1.165) is 12.0 Å². The first-order chi connectivity index (χ1) is 14.4. The number of ether oxygens (including phenoxy) is 1. The molecule has 0 aliphatic rings. The van der Waals surface area contributed by atoms with Crippen molar-refractivity contribution in [1.29, 1.82) is 0 Å². The first-order valence-corrected chi connectivity index (χ1v) is 10.8. The van der Waals surface area contributed by atoms with Crippen molar-refractivity contribution >= 4 is 27.6 Å². The lowest BCUT2D eigenvalue weighted by atomic mass is 10.2. The van der Waals surface area contributed by atoms with Crippen molar-refractivity contribution in [3.05, 3.63) is 72.6 Å². The van der Waals surface area contributed by atoms with Crippen molar-refractivity contribution in [3.8, 4) is 5.75 Å². The molecular formula is C21H22N4O4S. The van der Waals surface area contributed by atoms with Gasteiger partial charge < -0.3 is 10.1 Å². The number of anilines is 2. The predicted molar refractivity (Wildman–Crippen MR) is 114 cm³/mol. The largest absolute Gasteiger partial charge is 0.481 e. The van der Waals surface area contributed by atoms with Gasteiger partial charge in [0, 0.05) is 18.1 Å². The van der Waals surface area contributed by atoms with E-state index in [-0.39, 0.29) is 16.8 Å². The van der Waals surface area contributed by atoms with E-state index in [0.29, 0.717) is 11.4 Å². The predicted octanol–water partition coefficient (Wildman–Crippen LogP) is 3.25. The summed E-state index contributed by atoms with van der Waals surface area (Å²) >= 11 is 0. The number of amides is 1. The minimum atomic E-state index is -3.83. The zero-order valence-electron chi connectivity index (χ0n) is 16.6. The molecule has 0 spiro atoms. The van der Waals surface area contributed by atoms with Crippen molar-refractivity contribution in [3.63, 3.8) is 0 Å². The number of carbonyl (C=O) groups is 1. The van der Waals surface area contributed by atoms with Crippen LogP contribution in [-0.2, 0) is 21.2 Å². The van der Waals surface area contributed by atoms with Gasteiger partial charge in [0.25, 0.3) is 15.9 Å². The fourth-order valence-electron chi connectivity index (χ4n) is 2.59. The summed E-state index contributed by atoms with van der Waals surface area (Å²) in [4.78, 5) is 20.1. The average Bonchev–Trinajstić information content (AvgIpc) is 2.74. The van der Waals surface area contributed by atoms with Gasteiger partial charge in [0.15, 0.2) is 6.10 Å². The third-order valence-corrected chi connectivity index (χ3v) is 5.56. The molecule has 0 saturated heterocycles. The Labute approximate surface area is 175 Å². The lowest BCUT2D eigenvalue weighted by molar-refractivity contribution is -0.122. The molecule has 30 heavy (non-hydrogen) atoms. The molecule has 1 heterocycles. The lowest BCUT2D eigenvalue weighted by Crippen LogP contribution is -2.30. The Morgan fingerprint density at radius 2 is 1.77 bits per heavy atom. The maximum Gasteiger partial charge on any atom is 0.265 e. The molecule has 0 fully saturated rings. The van der Waals surface area contributed by atoms with Crippen molar-refractivity contribution in [2.45, 2.75) is 31.3 Å². The van der Waals surface area contributed by atoms with Crippen LogP contribution in [0.1, 0.15) is 19.4 Å². The monoisotopic (exact) mass is 426 g/mol. The van der Waals surface area contributed by atoms with Gasteiger partial charge in [0.2, 0.25) is 5.95 Å². The number of rotatable bonds is 8. The van der Waals surface area contributed by atoms with Gasteiger partial charge in [0.1, 0.15) is 5.75 Å². The molecule has 0 bridgehead atoms. The summed E-state index contributed by atoms with van der Waals surface area (Å²) in [6.07, 6.45) is 3.02. The third-order valence-electron chi connectivity index (χ3n) is 4.21. The van der Waals surface area contributed by atoms with E-state index in [1.165, 1.54) is 36.7 Å². The van der Waals surface area contributed by atoms with E-state index in [9.17, 15) is 13.2 Å². The zero-order valence-corrected chi connectivity index (χ0v) is 17.4. The summed E-state index contributed by atoms with van der Waals surface area (Å²) in [6.45, 7) is 3.69. The van der Waals surface area contributed by atoms with Crippen LogP contribution in [0.15, 0.2) is 71.9 Å². The standard InChI is InChI=1S/C21H22N4O4S/c1-3-16-6-4-7-18(14-16)29-15(2)20(26)24-17-8-10-19(11-9-17)30(27,28)25-21-22-12-5-13-23-21/h4-15H,3H2,1-2H3,(H,24,26)(H,22,23,25). The van der Waals surface area contributed by atoms with Crippen LogP contribution in [0, 0.1) is 0 Å². The SMILES string of the molecule is CCc1cccc(OC(C)C(=O)Nc2ccc(S(=O)(=O)Nc3ncccn3)cc2)c1. The molecule has 0 radical (unpaired) electrons. The molecule has 1 aromatic heterocycles. The van der Waals surface area contributed by atoms with Gasteiger partial charge in [-0.1, -0.05) is 19.1 Å². The van der Waals surface area contributed by atoms with Gasteiger partial charge >= 0.3 is 0 Å². The molecule has 9 heteroatoms. The Balaban J connectivity index is 1.62. The second-order valence-electron chi connectivity index (χ2n) is 6.45. The van der Waals surface area contributed by atoms with E-state index in [1.54, 1.807) is 19.1 Å². The number of hydrogen-bond acceptors (Lipinski definition) is 6. The summed E-state index contributed by atoms with van der Waals surface area (Å²) in [5.41, 5.74) is 1.57. The number of sulfonamides is 1. The molecule has 0 aliphatic heterocycles. The molecule has 0 saturated carbocycles. The van der Waals surface area contributed by atoms with Crippen LogP contribution >= 0.6 is 0 Å². The lowest BCUT2D eigenvalue weighted by Gasteiger charge is -2.15. The van der Waals surface area contributed by atoms with Gasteiger partial charge in [-0.25, -0.2) is 23.1 Å². The number of carbonyl (C=O) groups excluding carboxylic acids is 1.